The zero-order valence-electron chi connectivity index (χ0n) is 11.8. The number of nitrogens with two attached hydrogens (primary N) is 1. The summed E-state index contributed by atoms with van der Waals surface area (Å²) in [4.78, 5) is 12.1. The molecule has 0 spiro atoms. The van der Waals surface area contributed by atoms with Gasteiger partial charge in [0.15, 0.2) is 0 Å². The molecule has 2 aromatic rings. The summed E-state index contributed by atoms with van der Waals surface area (Å²) in [5, 5.41) is 12.0. The van der Waals surface area contributed by atoms with E-state index in [0.717, 1.165) is 12.0 Å². The Bertz CT molecular complexity index is 584. The van der Waals surface area contributed by atoms with E-state index in [2.05, 4.69) is 5.32 Å². The Balaban J connectivity index is 1.90. The van der Waals surface area contributed by atoms with E-state index in [9.17, 15) is 9.90 Å². The molecule has 4 heteroatoms. The maximum Gasteiger partial charge on any atom is 0.241 e. The van der Waals surface area contributed by atoms with Gasteiger partial charge >= 0.3 is 0 Å². The van der Waals surface area contributed by atoms with Crippen molar-refractivity contribution in [3.05, 3.63) is 65.7 Å². The van der Waals surface area contributed by atoms with Gasteiger partial charge in [0.2, 0.25) is 5.91 Å². The molecule has 0 radical (unpaired) electrons. The van der Waals surface area contributed by atoms with Crippen LogP contribution in [0.1, 0.15) is 17.5 Å². The number of hydrogen-bond donors (Lipinski definition) is 3. The number of hydrogen-bond acceptors (Lipinski definition) is 3. The number of nitrogens with one attached hydrogen (secondary N) is 1. The molecule has 21 heavy (non-hydrogen) atoms. The number of anilines is 1. The average molecular weight is 284 g/mol. The Morgan fingerprint density at radius 3 is 2.48 bits per heavy atom. The molecule has 0 aliphatic carbocycles. The molecular formula is C17H20N2O2. The molecule has 4 nitrogen and oxygen atoms in total. The molecular weight excluding hydrogens is 264 g/mol. The fraction of sp³-hybridized carbons (Fsp3) is 0.235. The normalized spacial score (nSPS) is 11.9. The third-order valence-electron chi connectivity index (χ3n) is 3.37. The number of carbonyl (C=O) groups is 1. The van der Waals surface area contributed by atoms with Crippen molar-refractivity contribution in [3.8, 4) is 0 Å². The van der Waals surface area contributed by atoms with Gasteiger partial charge < -0.3 is 16.2 Å². The number of aliphatic hydroxyl groups excluding tert-OH is 1. The largest absolute Gasteiger partial charge is 0.392 e. The SMILES string of the molecule is NC(CCc1ccccc1)C(=O)Nc1ccccc1CO. The van der Waals surface area contributed by atoms with Crippen molar-refractivity contribution in [2.75, 3.05) is 5.32 Å². The summed E-state index contributed by atoms with van der Waals surface area (Å²) in [5.41, 5.74) is 8.39. The van der Waals surface area contributed by atoms with E-state index in [1.54, 1.807) is 12.1 Å². The lowest BCUT2D eigenvalue weighted by atomic mass is 10.1. The van der Waals surface area contributed by atoms with E-state index >= 15 is 0 Å². The topological polar surface area (TPSA) is 75.4 Å². The van der Waals surface area contributed by atoms with Crippen LogP contribution in [0.15, 0.2) is 54.6 Å². The van der Waals surface area contributed by atoms with Crippen LogP contribution < -0.4 is 11.1 Å². The lowest BCUT2D eigenvalue weighted by Gasteiger charge is -2.14. The highest BCUT2D eigenvalue weighted by molar-refractivity contribution is 5.95. The fourth-order valence-electron chi connectivity index (χ4n) is 2.10. The third-order valence-corrected chi connectivity index (χ3v) is 3.37. The van der Waals surface area contributed by atoms with Gasteiger partial charge in [-0.1, -0.05) is 48.5 Å². The predicted octanol–water partition coefficient (Wildman–Crippen LogP) is 2.08. The highest BCUT2D eigenvalue weighted by Crippen LogP contribution is 2.15. The Morgan fingerprint density at radius 1 is 1.10 bits per heavy atom. The molecule has 0 heterocycles. The van der Waals surface area contributed by atoms with Gasteiger partial charge in [0.25, 0.3) is 0 Å². The highest BCUT2D eigenvalue weighted by atomic mass is 16.3. The minimum atomic E-state index is -0.572. The van der Waals surface area contributed by atoms with Crippen molar-refractivity contribution < 1.29 is 9.90 Å². The summed E-state index contributed by atoms with van der Waals surface area (Å²) in [6, 6.07) is 16.5. The van der Waals surface area contributed by atoms with Crippen LogP contribution in [0.3, 0.4) is 0 Å². The lowest BCUT2D eigenvalue weighted by Crippen LogP contribution is -2.36. The van der Waals surface area contributed by atoms with Crippen molar-refractivity contribution in [2.24, 2.45) is 5.73 Å². The highest BCUT2D eigenvalue weighted by Gasteiger charge is 2.14. The maximum atomic E-state index is 12.1. The summed E-state index contributed by atoms with van der Waals surface area (Å²) in [5.74, 6) is -0.230. The standard InChI is InChI=1S/C17H20N2O2/c18-15(11-10-13-6-2-1-3-7-13)17(21)19-16-9-5-4-8-14(16)12-20/h1-9,15,20H,10-12,18H2,(H,19,21). The van der Waals surface area contributed by atoms with E-state index in [0.29, 0.717) is 17.7 Å². The van der Waals surface area contributed by atoms with E-state index < -0.39 is 6.04 Å². The number of amides is 1. The van der Waals surface area contributed by atoms with Gasteiger partial charge in [-0.15, -0.1) is 0 Å². The number of aryl methyl sites for hydroxylation is 1. The molecule has 0 aliphatic rings. The van der Waals surface area contributed by atoms with Crippen LogP contribution in [0.4, 0.5) is 5.69 Å². The van der Waals surface area contributed by atoms with Crippen LogP contribution in [-0.2, 0) is 17.8 Å². The van der Waals surface area contributed by atoms with E-state index in [1.807, 2.05) is 42.5 Å². The summed E-state index contributed by atoms with van der Waals surface area (Å²) < 4.78 is 0. The second-order valence-electron chi connectivity index (χ2n) is 4.94. The Morgan fingerprint density at radius 2 is 1.76 bits per heavy atom. The molecule has 110 valence electrons. The van der Waals surface area contributed by atoms with Crippen molar-refractivity contribution in [3.63, 3.8) is 0 Å². The van der Waals surface area contributed by atoms with Gasteiger partial charge in [-0.25, -0.2) is 0 Å². The maximum absolute atomic E-state index is 12.1. The molecule has 1 unspecified atom stereocenters. The number of benzene rings is 2. The van der Waals surface area contributed by atoms with Gasteiger partial charge in [0.05, 0.1) is 12.6 Å². The zero-order chi connectivity index (χ0) is 15.1. The van der Waals surface area contributed by atoms with E-state index in [-0.39, 0.29) is 12.5 Å². The molecule has 4 N–H and O–H groups in total. The van der Waals surface area contributed by atoms with E-state index in [1.165, 1.54) is 0 Å². The Hall–Kier alpha value is -2.17. The second kappa shape index (κ2) is 7.57. The van der Waals surface area contributed by atoms with Gasteiger partial charge in [0, 0.05) is 11.3 Å². The number of para-hydroxylation sites is 1. The molecule has 1 atom stereocenters. The lowest BCUT2D eigenvalue weighted by molar-refractivity contribution is -0.117. The molecule has 0 fully saturated rings. The molecule has 0 aromatic heterocycles. The monoisotopic (exact) mass is 284 g/mol. The summed E-state index contributed by atoms with van der Waals surface area (Å²) in [6.45, 7) is -0.115. The van der Waals surface area contributed by atoms with Crippen LogP contribution in [0.2, 0.25) is 0 Å². The first kappa shape index (κ1) is 15.2. The van der Waals surface area contributed by atoms with Gasteiger partial charge in [-0.05, 0) is 24.5 Å². The predicted molar refractivity (Wildman–Crippen MR) is 83.7 cm³/mol. The van der Waals surface area contributed by atoms with Gasteiger partial charge in [0.1, 0.15) is 0 Å². The van der Waals surface area contributed by atoms with E-state index in [4.69, 9.17) is 5.73 Å². The van der Waals surface area contributed by atoms with Crippen LogP contribution in [0, 0.1) is 0 Å². The molecule has 0 saturated heterocycles. The average Bonchev–Trinajstić information content (AvgIpc) is 2.54. The third kappa shape index (κ3) is 4.41. The van der Waals surface area contributed by atoms with Crippen LogP contribution in [0.25, 0.3) is 0 Å². The summed E-state index contributed by atoms with van der Waals surface area (Å²) in [7, 11) is 0. The first-order chi connectivity index (χ1) is 10.2. The molecule has 0 aliphatic heterocycles. The molecule has 2 rings (SSSR count). The van der Waals surface area contributed by atoms with Crippen molar-refractivity contribution >= 4 is 11.6 Å². The van der Waals surface area contributed by atoms with Crippen molar-refractivity contribution in [1.82, 2.24) is 0 Å². The first-order valence-corrected chi connectivity index (χ1v) is 7.00. The Kier molecular flexibility index (Phi) is 5.49. The molecule has 0 saturated carbocycles. The minimum Gasteiger partial charge on any atom is -0.392 e. The van der Waals surface area contributed by atoms with Crippen LogP contribution in [0.5, 0.6) is 0 Å². The number of aliphatic hydroxyl groups is 1. The molecule has 2 aromatic carbocycles. The zero-order valence-corrected chi connectivity index (χ0v) is 11.8. The smallest absolute Gasteiger partial charge is 0.241 e. The van der Waals surface area contributed by atoms with Gasteiger partial charge in [-0.2, -0.15) is 0 Å². The Labute approximate surface area is 124 Å². The quantitative estimate of drug-likeness (QED) is 0.760. The number of rotatable bonds is 6. The molecule has 1 amide bonds. The minimum absolute atomic E-state index is 0.115. The number of carbonyl (C=O) groups excluding carboxylic acids is 1. The van der Waals surface area contributed by atoms with Gasteiger partial charge in [-0.3, -0.25) is 4.79 Å². The van der Waals surface area contributed by atoms with Crippen molar-refractivity contribution in [1.29, 1.82) is 0 Å². The fourth-order valence-corrected chi connectivity index (χ4v) is 2.10. The second-order valence-corrected chi connectivity index (χ2v) is 4.94. The first-order valence-electron chi connectivity index (χ1n) is 7.00. The molecule has 0 bridgehead atoms. The van der Waals surface area contributed by atoms with Crippen LogP contribution in [-0.4, -0.2) is 17.1 Å². The van der Waals surface area contributed by atoms with Crippen molar-refractivity contribution in [2.45, 2.75) is 25.5 Å². The van der Waals surface area contributed by atoms with Crippen LogP contribution >= 0.6 is 0 Å². The summed E-state index contributed by atoms with van der Waals surface area (Å²) >= 11 is 0. The summed E-state index contributed by atoms with van der Waals surface area (Å²) in [6.07, 6.45) is 1.34.